The van der Waals surface area contributed by atoms with Gasteiger partial charge < -0.3 is 5.32 Å². The summed E-state index contributed by atoms with van der Waals surface area (Å²) in [5, 5.41) is 16.6. The van der Waals surface area contributed by atoms with Gasteiger partial charge in [0.05, 0.1) is 0 Å². The van der Waals surface area contributed by atoms with E-state index in [0.29, 0.717) is 0 Å². The summed E-state index contributed by atoms with van der Waals surface area (Å²) in [6.45, 7) is 18.9. The fourth-order valence-corrected chi connectivity index (χ4v) is 47.7. The minimum absolute atomic E-state index is 0. The van der Waals surface area contributed by atoms with Crippen LogP contribution in [0.1, 0.15) is 88.6 Å². The predicted molar refractivity (Wildman–Crippen MR) is 561 cm³/mol. The molecule has 19 rings (SSSR count). The monoisotopic (exact) mass is 2460 g/mol. The summed E-state index contributed by atoms with van der Waals surface area (Å²) < 4.78 is 16.9. The van der Waals surface area contributed by atoms with Crippen LogP contribution < -0.4 is 61.5 Å². The Labute approximate surface area is 817 Å². The number of amides is 4. The van der Waals surface area contributed by atoms with Crippen LogP contribution in [0.4, 0.5) is 56.6 Å². The molecule has 0 aliphatic carbocycles. The van der Waals surface area contributed by atoms with Gasteiger partial charge in [-0.1, -0.05) is 77.2 Å². The van der Waals surface area contributed by atoms with Crippen molar-refractivity contribution in [1.82, 2.24) is 19.6 Å². The van der Waals surface area contributed by atoms with Crippen molar-refractivity contribution in [1.29, 1.82) is 0 Å². The first-order valence-corrected chi connectivity index (χ1v) is 65.7. The number of carbonyl (C=O) groups is 5. The van der Waals surface area contributed by atoms with Crippen molar-refractivity contribution in [3.8, 4) is 0 Å². The maximum absolute atomic E-state index is 12.8. The average molecular weight is 2450 g/mol. The molecule has 0 radical (unpaired) electrons. The van der Waals surface area contributed by atoms with E-state index in [2.05, 4.69) is 363 Å². The Kier molecular flexibility index (Phi) is 35.5. The van der Waals surface area contributed by atoms with Gasteiger partial charge in [0.15, 0.2) is 5.11 Å². The number of carbonyl (C=O) groups excluding carboxylic acids is 5. The van der Waals surface area contributed by atoms with Gasteiger partial charge in [0.1, 0.15) is 14.5 Å². The summed E-state index contributed by atoms with van der Waals surface area (Å²) in [5.41, 5.74) is 11.0. The summed E-state index contributed by atoms with van der Waals surface area (Å²) in [4.78, 5) is 71.5. The Morgan fingerprint density at radius 3 is 0.952 bits per heavy atom. The summed E-state index contributed by atoms with van der Waals surface area (Å²) in [5.74, 6) is -1.15. The molecule has 1 N–H and O–H groups in total. The van der Waals surface area contributed by atoms with Gasteiger partial charge in [-0.15, -0.1) is 0 Å². The number of anilines is 11. The van der Waals surface area contributed by atoms with Crippen molar-refractivity contribution in [3.05, 3.63) is 285 Å². The zero-order valence-corrected chi connectivity index (χ0v) is 90.9. The molecule has 25 heteroatoms. The first kappa shape index (κ1) is 99.0. The third-order valence-electron chi connectivity index (χ3n) is 24.9. The van der Waals surface area contributed by atoms with Crippen molar-refractivity contribution in [2.24, 2.45) is 0 Å². The molecule has 6 aliphatic heterocycles. The van der Waals surface area contributed by atoms with Crippen molar-refractivity contribution in [2.75, 3.05) is 48.2 Å². The number of nitrogens with zero attached hydrogens (tertiary/aromatic N) is 7. The van der Waals surface area contributed by atoms with Gasteiger partial charge in [-0.3, -0.25) is 19.4 Å². The normalized spacial score (nSPS) is 15.2. The number of thiocarbonyl (C=S) groups is 2. The van der Waals surface area contributed by atoms with Crippen LogP contribution in [0.25, 0.3) is 6.08 Å². The van der Waals surface area contributed by atoms with Crippen LogP contribution in [0.3, 0.4) is 0 Å². The molecule has 8 aromatic carbocycles. The number of para-hydroxylation sites is 8. The van der Waals surface area contributed by atoms with Gasteiger partial charge in [-0.05, 0) is 34.7 Å². The topological polar surface area (TPSA) is 120 Å². The first-order chi connectivity index (χ1) is 59.6. The molecular weight excluding hydrogens is 2330 g/mol. The molecule has 2 fully saturated rings. The molecule has 2 saturated heterocycles. The second kappa shape index (κ2) is 44.8. The molecule has 0 atom stereocenters. The fraction of sp³-hybridized carbons (Fsp3) is 0.230. The molecule has 11 heterocycles. The first-order valence-electron chi connectivity index (χ1n) is 41.8. The van der Waals surface area contributed by atoms with Gasteiger partial charge in [0.25, 0.3) is 0 Å². The Morgan fingerprint density at radius 1 is 0.352 bits per heavy atom. The molecule has 0 bridgehead atoms. The Bertz CT molecular complexity index is 5710. The van der Waals surface area contributed by atoms with Crippen molar-refractivity contribution >= 4 is 326 Å². The van der Waals surface area contributed by atoms with Gasteiger partial charge in [0.2, 0.25) is 11.8 Å². The maximum atomic E-state index is 12.8. The van der Waals surface area contributed by atoms with Crippen molar-refractivity contribution in [3.63, 3.8) is 0 Å². The van der Waals surface area contributed by atoms with Crippen molar-refractivity contribution in [2.45, 2.75) is 125 Å². The fourth-order valence-electron chi connectivity index (χ4n) is 18.2. The summed E-state index contributed by atoms with van der Waals surface area (Å²) >= 11 is 11.2. The number of nitrogens with one attached hydrogen (secondary N) is 1. The van der Waals surface area contributed by atoms with E-state index in [-0.39, 0.29) is 122 Å². The molecule has 125 heavy (non-hydrogen) atoms. The van der Waals surface area contributed by atoms with Gasteiger partial charge in [-0.2, -0.15) is 0 Å². The summed E-state index contributed by atoms with van der Waals surface area (Å²) in [7, 11) is -0.401. The molecule has 6 aliphatic rings. The van der Waals surface area contributed by atoms with Gasteiger partial charge >= 0.3 is 635 Å². The molecule has 0 unspecified atom stereocenters. The zero-order chi connectivity index (χ0) is 87.3. The van der Waals surface area contributed by atoms with Crippen LogP contribution in [0.2, 0.25) is 48.4 Å². The number of benzene rings is 8. The number of rotatable bonds is 13. The number of aldehydes is 1. The molecule has 0 saturated carbocycles. The van der Waals surface area contributed by atoms with E-state index in [4.69, 9.17) is 24.4 Å². The third kappa shape index (κ3) is 19.9. The van der Waals surface area contributed by atoms with E-state index in [0.717, 1.165) is 13.4 Å². The molecular formula is C100H111IN8O5S2Si4Te5. The number of hydrogen-bond acceptors (Lipinski definition) is 11. The molecule has 13 nitrogen and oxygen atoms in total. The molecule has 4 amide bonds. The van der Waals surface area contributed by atoms with E-state index in [1.165, 1.54) is 135 Å². The van der Waals surface area contributed by atoms with Crippen LogP contribution in [0.15, 0.2) is 277 Å². The second-order valence-electron chi connectivity index (χ2n) is 30.5. The van der Waals surface area contributed by atoms with Crippen LogP contribution in [-0.4, -0.2) is 222 Å². The second-order valence-corrected chi connectivity index (χ2v) is 67.3. The number of fused-ring (bicyclic) bond motifs is 8. The van der Waals surface area contributed by atoms with Crippen LogP contribution in [-0.2, 0) is 19.2 Å². The Morgan fingerprint density at radius 2 is 0.656 bits per heavy atom. The average Bonchev–Trinajstić information content (AvgIpc) is 1.60. The number of hydrogen-bond donors (Lipinski definition) is 1. The van der Waals surface area contributed by atoms with E-state index in [1.807, 2.05) is 6.07 Å². The Hall–Kier alpha value is -6.62. The quantitative estimate of drug-likeness (QED) is 0.0226. The third-order valence-corrected chi connectivity index (χ3v) is 61.2. The molecule has 13 aromatic rings. The predicted octanol–water partition coefficient (Wildman–Crippen LogP) is 18.1. The van der Waals surface area contributed by atoms with Gasteiger partial charge in [0, 0.05) is 25.5 Å². The SMILES string of the molecule is C.C.CC[Si]1(CC)c2ccccc2N(c2ccc(C=C3C(=O)N(C)C(=S)N(C)C3=O)[te]2)c2ccccc21.CC[Si]1(CC)c2ccccc2N(c2ccc(C=O)[te]2)c2ccccc21.CC[Si]1(CC)c2ccccc2N(c2ccc[te]2)c2ccccc21.CC[Si]1(CC)c2ccccc2Nc2ccccc21.CN1C(=O)CC(=O)N(C)C1=S.Ic1ccc[te]1.c1cc[te]c1. The zero-order valence-electron chi connectivity index (χ0n) is 71.5. The van der Waals surface area contributed by atoms with E-state index >= 15 is 0 Å². The minimum atomic E-state index is -1.85. The van der Waals surface area contributed by atoms with E-state index in [1.54, 1.807) is 67.0 Å². The molecule has 0 spiro atoms. The Balaban J connectivity index is 0.000000151. The van der Waals surface area contributed by atoms with E-state index < -0.39 is 73.2 Å². The van der Waals surface area contributed by atoms with Crippen molar-refractivity contribution < 1.29 is 24.0 Å². The molecule has 5 aromatic heterocycles. The standard InChI is InChI=1S/C27H27N3O2SSiTe.C21H21NOSiTe.C20H21NSiTe.C16H19NSi.C6H8N2O2S.C4H3ITe.C4H4Te.2CH4/c1-5-34(6-2)22-13-9-7-11-20(22)30(21-12-8-10-14-23(21)34)24-16-15-18(35-24)17-19-25(31)28(3)27(33)29(4)26(19)32;1-3-24(4-2)19-11-7-5-9-17(19)22(18-10-6-8-12-20(18)24)21-14-13-16(15-23)25-21;1-3-22(4-2)18-12-7-5-10-16(18)21(20-14-9-15-23-20)17-11-6-8-13-19(17)22;1-3-18(4-2)15-11-7-5-9-13(15)17-14-10-6-8-12-16(14)18;1-7-4(9)3-5(10)8(2)6(7)11;5-4-2-1-3-6-4;1-2-4-5-3-1;;/h7-17H,5-6H2,1-4H3;5-15H,3-4H2,1-2H3;5-15H,3-4H2,1-2H3;5-12,17H,3-4H2,1-2H3;3H2,1-2H3;1-3H;1-4H;2*1H4. The number of halogens is 1. The van der Waals surface area contributed by atoms with Crippen LogP contribution in [0.5, 0.6) is 0 Å². The summed E-state index contributed by atoms with van der Waals surface area (Å²) in [6.07, 6.45) is 2.74. The van der Waals surface area contributed by atoms with E-state index in [9.17, 15) is 24.0 Å². The van der Waals surface area contributed by atoms with Gasteiger partial charge in [-0.25, -0.2) is 0 Å². The van der Waals surface area contributed by atoms with Crippen LogP contribution in [0, 0.1) is 1.59 Å². The molecule has 646 valence electrons. The number of likely N-dealkylation sites (N-methyl/N-ethyl adjacent to an activating group) is 2. The summed E-state index contributed by atoms with van der Waals surface area (Å²) in [6, 6.07) is 103. The van der Waals surface area contributed by atoms with Crippen LogP contribution >= 0.6 is 47.0 Å².